The second kappa shape index (κ2) is 4.29. The van der Waals surface area contributed by atoms with E-state index in [-0.39, 0.29) is 5.78 Å². The molecule has 1 aromatic carbocycles. The summed E-state index contributed by atoms with van der Waals surface area (Å²) in [4.78, 5) is 11.3. The van der Waals surface area contributed by atoms with Crippen molar-refractivity contribution >= 4 is 23.1 Å². The Bertz CT molecular complexity index is 385. The number of benzene rings is 1. The van der Waals surface area contributed by atoms with Crippen molar-refractivity contribution in [2.45, 2.75) is 13.8 Å². The number of halogens is 1. The van der Waals surface area contributed by atoms with Gasteiger partial charge in [-0.1, -0.05) is 24.2 Å². The molecule has 0 heterocycles. The number of carbonyl (C=O) groups excluding carboxylic acids is 1. The largest absolute Gasteiger partial charge is 0.359 e. The number of hydrogen-bond acceptors (Lipinski definition) is 2. The third-order valence-electron chi connectivity index (χ3n) is 1.71. The summed E-state index contributed by atoms with van der Waals surface area (Å²) < 4.78 is 0. The van der Waals surface area contributed by atoms with E-state index < -0.39 is 0 Å². The highest BCUT2D eigenvalue weighted by Crippen LogP contribution is 2.25. The summed E-state index contributed by atoms with van der Waals surface area (Å²) >= 11 is 5.92. The van der Waals surface area contributed by atoms with Crippen LogP contribution in [0.1, 0.15) is 24.2 Å². The van der Waals surface area contributed by atoms with Gasteiger partial charge in [-0.2, -0.15) is 0 Å². The van der Waals surface area contributed by atoms with E-state index in [2.05, 4.69) is 11.9 Å². The molecule has 0 bridgehead atoms. The molecule has 3 heteroatoms. The van der Waals surface area contributed by atoms with E-state index in [1.165, 1.54) is 6.92 Å². The molecule has 1 N–H and O–H groups in total. The van der Waals surface area contributed by atoms with E-state index in [0.29, 0.717) is 16.3 Å². The highest BCUT2D eigenvalue weighted by atomic mass is 35.5. The molecule has 1 aromatic rings. The quantitative estimate of drug-likeness (QED) is 0.773. The van der Waals surface area contributed by atoms with Gasteiger partial charge in [-0.3, -0.25) is 4.79 Å². The molecule has 0 aliphatic heterocycles. The van der Waals surface area contributed by atoms with E-state index in [9.17, 15) is 4.79 Å². The SMILES string of the molecule is C=C(C)Nc1cccc(Cl)c1C(C)=O. The summed E-state index contributed by atoms with van der Waals surface area (Å²) in [5.41, 5.74) is 1.99. The summed E-state index contributed by atoms with van der Waals surface area (Å²) in [6.45, 7) is 7.03. The average Bonchev–Trinajstić information content (AvgIpc) is 2.01. The van der Waals surface area contributed by atoms with E-state index in [0.717, 1.165) is 5.70 Å². The minimum absolute atomic E-state index is 0.0562. The van der Waals surface area contributed by atoms with Crippen LogP contribution in [0.5, 0.6) is 0 Å². The topological polar surface area (TPSA) is 29.1 Å². The van der Waals surface area contributed by atoms with Crippen LogP contribution < -0.4 is 5.32 Å². The van der Waals surface area contributed by atoms with Crippen LogP contribution in [0.3, 0.4) is 0 Å². The van der Waals surface area contributed by atoms with Gasteiger partial charge in [-0.05, 0) is 26.0 Å². The average molecular weight is 210 g/mol. The number of carbonyl (C=O) groups is 1. The minimum atomic E-state index is -0.0562. The molecule has 0 saturated heterocycles. The predicted molar refractivity (Wildman–Crippen MR) is 59.9 cm³/mol. The first-order valence-corrected chi connectivity index (χ1v) is 4.62. The highest BCUT2D eigenvalue weighted by Gasteiger charge is 2.10. The molecule has 0 fully saturated rings. The molecule has 0 radical (unpaired) electrons. The lowest BCUT2D eigenvalue weighted by molar-refractivity contribution is 0.101. The van der Waals surface area contributed by atoms with E-state index in [4.69, 9.17) is 11.6 Å². The Morgan fingerprint density at radius 2 is 2.07 bits per heavy atom. The second-order valence-corrected chi connectivity index (χ2v) is 3.53. The van der Waals surface area contributed by atoms with Crippen LogP contribution in [0, 0.1) is 0 Å². The Labute approximate surface area is 88.6 Å². The molecule has 0 aliphatic carbocycles. The first kappa shape index (κ1) is 10.8. The third kappa shape index (κ3) is 2.36. The van der Waals surface area contributed by atoms with Gasteiger partial charge in [0.15, 0.2) is 5.78 Å². The van der Waals surface area contributed by atoms with Gasteiger partial charge in [0.1, 0.15) is 0 Å². The molecule has 0 aromatic heterocycles. The maximum atomic E-state index is 11.3. The number of rotatable bonds is 3. The van der Waals surface area contributed by atoms with Crippen molar-refractivity contribution in [1.29, 1.82) is 0 Å². The molecule has 0 unspecified atom stereocenters. The van der Waals surface area contributed by atoms with Crippen molar-refractivity contribution in [2.75, 3.05) is 5.32 Å². The van der Waals surface area contributed by atoms with Crippen molar-refractivity contribution in [3.63, 3.8) is 0 Å². The van der Waals surface area contributed by atoms with Crippen LogP contribution in [0.2, 0.25) is 5.02 Å². The number of nitrogens with one attached hydrogen (secondary N) is 1. The zero-order valence-electron chi connectivity index (χ0n) is 8.23. The smallest absolute Gasteiger partial charge is 0.163 e. The fraction of sp³-hybridized carbons (Fsp3) is 0.182. The van der Waals surface area contributed by atoms with E-state index in [1.807, 2.05) is 6.92 Å². The number of Topliss-reactive ketones (excluding diaryl/α,β-unsaturated/α-hetero) is 1. The summed E-state index contributed by atoms with van der Waals surface area (Å²) in [6, 6.07) is 5.29. The lowest BCUT2D eigenvalue weighted by Gasteiger charge is -2.10. The lowest BCUT2D eigenvalue weighted by Crippen LogP contribution is -2.02. The van der Waals surface area contributed by atoms with Crippen LogP contribution in [0.25, 0.3) is 0 Å². The van der Waals surface area contributed by atoms with Crippen LogP contribution >= 0.6 is 11.6 Å². The van der Waals surface area contributed by atoms with Crippen LogP contribution in [-0.2, 0) is 0 Å². The monoisotopic (exact) mass is 209 g/mol. The first-order chi connectivity index (χ1) is 6.52. The zero-order valence-corrected chi connectivity index (χ0v) is 8.98. The van der Waals surface area contributed by atoms with Gasteiger partial charge in [-0.25, -0.2) is 0 Å². The lowest BCUT2D eigenvalue weighted by atomic mass is 10.1. The maximum absolute atomic E-state index is 11.3. The molecular formula is C11H12ClNO. The molecule has 14 heavy (non-hydrogen) atoms. The molecule has 0 aliphatic rings. The number of ketones is 1. The van der Waals surface area contributed by atoms with Gasteiger partial charge in [0.2, 0.25) is 0 Å². The standard InChI is InChI=1S/C11H12ClNO/c1-7(2)13-10-6-4-5-9(12)11(10)8(3)14/h4-6,13H,1H2,2-3H3. The van der Waals surface area contributed by atoms with Crippen molar-refractivity contribution in [3.05, 3.63) is 41.1 Å². The molecule has 0 amide bonds. The summed E-state index contributed by atoms with van der Waals surface area (Å²) in [5.74, 6) is -0.0562. The third-order valence-corrected chi connectivity index (χ3v) is 2.03. The Morgan fingerprint density at radius 3 is 2.57 bits per heavy atom. The van der Waals surface area contributed by atoms with Crippen molar-refractivity contribution in [2.24, 2.45) is 0 Å². The van der Waals surface area contributed by atoms with Crippen LogP contribution in [0.4, 0.5) is 5.69 Å². The summed E-state index contributed by atoms with van der Waals surface area (Å²) in [5, 5.41) is 3.46. The van der Waals surface area contributed by atoms with E-state index >= 15 is 0 Å². The van der Waals surface area contributed by atoms with Crippen LogP contribution in [-0.4, -0.2) is 5.78 Å². The fourth-order valence-electron chi connectivity index (χ4n) is 1.22. The number of allylic oxidation sites excluding steroid dienone is 1. The maximum Gasteiger partial charge on any atom is 0.163 e. The van der Waals surface area contributed by atoms with Crippen LogP contribution in [0.15, 0.2) is 30.5 Å². The van der Waals surface area contributed by atoms with Gasteiger partial charge in [-0.15, -0.1) is 0 Å². The molecule has 2 nitrogen and oxygen atoms in total. The van der Waals surface area contributed by atoms with Gasteiger partial charge < -0.3 is 5.32 Å². The van der Waals surface area contributed by atoms with Gasteiger partial charge in [0, 0.05) is 5.70 Å². The predicted octanol–water partition coefficient (Wildman–Crippen LogP) is 3.49. The van der Waals surface area contributed by atoms with Gasteiger partial charge in [0.25, 0.3) is 0 Å². The molecule has 1 rings (SSSR count). The number of hydrogen-bond donors (Lipinski definition) is 1. The molecular weight excluding hydrogens is 198 g/mol. The normalized spacial score (nSPS) is 9.64. The molecule has 74 valence electrons. The van der Waals surface area contributed by atoms with E-state index in [1.54, 1.807) is 18.2 Å². The number of anilines is 1. The Balaban J connectivity index is 3.21. The fourth-order valence-corrected chi connectivity index (χ4v) is 1.52. The van der Waals surface area contributed by atoms with Crippen molar-refractivity contribution in [1.82, 2.24) is 0 Å². The van der Waals surface area contributed by atoms with Crippen molar-refractivity contribution < 1.29 is 4.79 Å². The summed E-state index contributed by atoms with van der Waals surface area (Å²) in [7, 11) is 0. The molecule has 0 saturated carbocycles. The van der Waals surface area contributed by atoms with Gasteiger partial charge in [0.05, 0.1) is 16.3 Å². The zero-order chi connectivity index (χ0) is 10.7. The highest BCUT2D eigenvalue weighted by molar-refractivity contribution is 6.34. The Kier molecular flexibility index (Phi) is 3.31. The van der Waals surface area contributed by atoms with Crippen molar-refractivity contribution in [3.8, 4) is 0 Å². The summed E-state index contributed by atoms with van der Waals surface area (Å²) in [6.07, 6.45) is 0. The Morgan fingerprint density at radius 1 is 1.43 bits per heavy atom. The Hall–Kier alpha value is -1.28. The molecule has 0 atom stereocenters. The first-order valence-electron chi connectivity index (χ1n) is 4.24. The minimum Gasteiger partial charge on any atom is -0.359 e. The van der Waals surface area contributed by atoms with Gasteiger partial charge >= 0.3 is 0 Å². The molecule has 0 spiro atoms. The second-order valence-electron chi connectivity index (χ2n) is 3.12.